The predicted octanol–water partition coefficient (Wildman–Crippen LogP) is 0.932. The summed E-state index contributed by atoms with van der Waals surface area (Å²) in [6.07, 6.45) is 1.04. The van der Waals surface area contributed by atoms with Crippen LogP contribution in [-0.2, 0) is 9.53 Å². The molecule has 0 saturated carbocycles. The normalized spacial score (nSPS) is 25.9. The Morgan fingerprint density at radius 3 is 2.85 bits per heavy atom. The second-order valence-corrected chi connectivity index (χ2v) is 4.50. The first-order valence-electron chi connectivity index (χ1n) is 4.83. The number of ether oxygens (including phenoxy) is 1. The Morgan fingerprint density at radius 2 is 2.31 bits per heavy atom. The summed E-state index contributed by atoms with van der Waals surface area (Å²) in [4.78, 5) is 13.1. The van der Waals surface area contributed by atoms with Crippen LogP contribution < -0.4 is 0 Å². The van der Waals surface area contributed by atoms with Gasteiger partial charge in [0.1, 0.15) is 6.29 Å². The molecule has 0 aliphatic carbocycles. The van der Waals surface area contributed by atoms with Crippen molar-refractivity contribution < 1.29 is 9.53 Å². The smallest absolute Gasteiger partial charge is 0.126 e. The predicted molar refractivity (Wildman–Crippen MR) is 51.7 cm³/mol. The summed E-state index contributed by atoms with van der Waals surface area (Å²) in [5.41, 5.74) is -0.231. The lowest BCUT2D eigenvalue weighted by Crippen LogP contribution is -2.47. The average molecular weight is 185 g/mol. The number of aldehydes is 1. The van der Waals surface area contributed by atoms with E-state index in [0.717, 1.165) is 32.6 Å². The van der Waals surface area contributed by atoms with Gasteiger partial charge in [0.2, 0.25) is 0 Å². The lowest BCUT2D eigenvalue weighted by Gasteiger charge is -2.36. The summed E-state index contributed by atoms with van der Waals surface area (Å²) in [5, 5.41) is 0. The van der Waals surface area contributed by atoms with Crippen LogP contribution in [-0.4, -0.2) is 43.5 Å². The molecule has 1 saturated heterocycles. The minimum atomic E-state index is -0.231. The highest BCUT2D eigenvalue weighted by Gasteiger charge is 2.26. The number of morpholine rings is 1. The monoisotopic (exact) mass is 185 g/mol. The van der Waals surface area contributed by atoms with Crippen molar-refractivity contribution in [3.05, 3.63) is 0 Å². The summed E-state index contributed by atoms with van der Waals surface area (Å²) < 4.78 is 5.33. The molecule has 76 valence electrons. The van der Waals surface area contributed by atoms with Gasteiger partial charge < -0.3 is 9.53 Å². The van der Waals surface area contributed by atoms with Gasteiger partial charge >= 0.3 is 0 Å². The molecule has 1 aliphatic rings. The maximum Gasteiger partial charge on any atom is 0.126 e. The third-order valence-corrected chi connectivity index (χ3v) is 2.43. The maximum absolute atomic E-state index is 10.7. The van der Waals surface area contributed by atoms with Crippen molar-refractivity contribution in [2.45, 2.75) is 26.8 Å². The molecule has 0 radical (unpaired) electrons. The first-order chi connectivity index (χ1) is 6.05. The van der Waals surface area contributed by atoms with Crippen molar-refractivity contribution in [1.82, 2.24) is 4.90 Å². The van der Waals surface area contributed by atoms with E-state index in [2.05, 4.69) is 11.8 Å². The Kier molecular flexibility index (Phi) is 3.45. The van der Waals surface area contributed by atoms with Gasteiger partial charge in [0.15, 0.2) is 0 Å². The fourth-order valence-electron chi connectivity index (χ4n) is 1.56. The number of carbonyl (C=O) groups is 1. The zero-order chi connectivity index (χ0) is 9.90. The Bertz CT molecular complexity index is 180. The van der Waals surface area contributed by atoms with Crippen LogP contribution in [0.5, 0.6) is 0 Å². The van der Waals surface area contributed by atoms with Crippen molar-refractivity contribution in [3.63, 3.8) is 0 Å². The van der Waals surface area contributed by atoms with Crippen LogP contribution in [0, 0.1) is 5.41 Å². The third kappa shape index (κ3) is 3.08. The molecule has 0 aromatic heterocycles. The van der Waals surface area contributed by atoms with E-state index in [4.69, 9.17) is 4.74 Å². The van der Waals surface area contributed by atoms with Gasteiger partial charge in [-0.2, -0.15) is 0 Å². The molecule has 1 aliphatic heterocycles. The zero-order valence-corrected chi connectivity index (χ0v) is 8.75. The van der Waals surface area contributed by atoms with E-state index in [-0.39, 0.29) is 5.41 Å². The van der Waals surface area contributed by atoms with E-state index >= 15 is 0 Å². The summed E-state index contributed by atoms with van der Waals surface area (Å²) >= 11 is 0. The molecular formula is C10H19NO2. The molecule has 0 N–H and O–H groups in total. The summed E-state index contributed by atoms with van der Waals surface area (Å²) in [7, 11) is 0. The molecule has 1 heterocycles. The SMILES string of the molecule is CC1COCCN1CC(C)(C)C=O. The van der Waals surface area contributed by atoms with E-state index in [1.807, 2.05) is 13.8 Å². The average Bonchev–Trinajstić information content (AvgIpc) is 2.09. The van der Waals surface area contributed by atoms with Crippen LogP contribution in [0.4, 0.5) is 0 Å². The van der Waals surface area contributed by atoms with Gasteiger partial charge in [0.25, 0.3) is 0 Å². The van der Waals surface area contributed by atoms with Crippen LogP contribution in [0.2, 0.25) is 0 Å². The Hall–Kier alpha value is -0.410. The number of hydrogen-bond donors (Lipinski definition) is 0. The third-order valence-electron chi connectivity index (χ3n) is 2.43. The van der Waals surface area contributed by atoms with Crippen molar-refractivity contribution in [2.24, 2.45) is 5.41 Å². The van der Waals surface area contributed by atoms with Crippen LogP contribution >= 0.6 is 0 Å². The molecule has 1 fully saturated rings. The van der Waals surface area contributed by atoms with Gasteiger partial charge in [0.05, 0.1) is 13.2 Å². The van der Waals surface area contributed by atoms with Gasteiger partial charge in [-0.25, -0.2) is 0 Å². The van der Waals surface area contributed by atoms with E-state index in [9.17, 15) is 4.79 Å². The van der Waals surface area contributed by atoms with Crippen LogP contribution in [0.15, 0.2) is 0 Å². The van der Waals surface area contributed by atoms with Crippen molar-refractivity contribution in [2.75, 3.05) is 26.3 Å². The van der Waals surface area contributed by atoms with E-state index in [1.165, 1.54) is 0 Å². The summed E-state index contributed by atoms with van der Waals surface area (Å²) in [6, 6.07) is 0.438. The summed E-state index contributed by atoms with van der Waals surface area (Å²) in [5.74, 6) is 0. The molecule has 3 heteroatoms. The minimum Gasteiger partial charge on any atom is -0.379 e. The molecule has 1 atom stereocenters. The maximum atomic E-state index is 10.7. The zero-order valence-electron chi connectivity index (χ0n) is 8.75. The molecule has 0 aromatic rings. The highest BCUT2D eigenvalue weighted by molar-refractivity contribution is 5.58. The van der Waals surface area contributed by atoms with Crippen LogP contribution in [0.3, 0.4) is 0 Å². The lowest BCUT2D eigenvalue weighted by molar-refractivity contribution is -0.117. The molecule has 1 unspecified atom stereocenters. The Balaban J connectivity index is 2.46. The molecule has 0 spiro atoms. The second kappa shape index (κ2) is 4.20. The first-order valence-corrected chi connectivity index (χ1v) is 4.83. The molecule has 13 heavy (non-hydrogen) atoms. The Morgan fingerprint density at radius 1 is 1.62 bits per heavy atom. The molecule has 3 nitrogen and oxygen atoms in total. The fraction of sp³-hybridized carbons (Fsp3) is 0.900. The van der Waals surface area contributed by atoms with E-state index in [0.29, 0.717) is 6.04 Å². The number of carbonyl (C=O) groups excluding carboxylic acids is 1. The molecule has 0 amide bonds. The van der Waals surface area contributed by atoms with Crippen LogP contribution in [0.25, 0.3) is 0 Å². The van der Waals surface area contributed by atoms with Crippen molar-refractivity contribution in [3.8, 4) is 0 Å². The largest absolute Gasteiger partial charge is 0.379 e. The standard InChI is InChI=1S/C10H19NO2/c1-9-6-13-5-4-11(9)7-10(2,3)8-12/h8-9H,4-7H2,1-3H3. The van der Waals surface area contributed by atoms with Gasteiger partial charge in [-0.3, -0.25) is 4.90 Å². The fourth-order valence-corrected chi connectivity index (χ4v) is 1.56. The van der Waals surface area contributed by atoms with Crippen molar-refractivity contribution >= 4 is 6.29 Å². The molecular weight excluding hydrogens is 166 g/mol. The minimum absolute atomic E-state index is 0.231. The number of nitrogens with zero attached hydrogens (tertiary/aromatic N) is 1. The van der Waals surface area contributed by atoms with Crippen molar-refractivity contribution in [1.29, 1.82) is 0 Å². The van der Waals surface area contributed by atoms with Gasteiger partial charge in [-0.1, -0.05) is 13.8 Å². The van der Waals surface area contributed by atoms with Crippen LogP contribution in [0.1, 0.15) is 20.8 Å². The highest BCUT2D eigenvalue weighted by atomic mass is 16.5. The first kappa shape index (κ1) is 10.7. The highest BCUT2D eigenvalue weighted by Crippen LogP contribution is 2.17. The molecule has 0 aromatic carbocycles. The number of rotatable bonds is 3. The van der Waals surface area contributed by atoms with Gasteiger partial charge in [-0.15, -0.1) is 0 Å². The summed E-state index contributed by atoms with van der Waals surface area (Å²) in [6.45, 7) is 9.44. The Labute approximate surface area is 80.1 Å². The molecule has 0 bridgehead atoms. The molecule has 1 rings (SSSR count). The van der Waals surface area contributed by atoms with E-state index in [1.54, 1.807) is 0 Å². The van der Waals surface area contributed by atoms with E-state index < -0.39 is 0 Å². The second-order valence-electron chi connectivity index (χ2n) is 4.50. The van der Waals surface area contributed by atoms with Gasteiger partial charge in [-0.05, 0) is 6.92 Å². The lowest BCUT2D eigenvalue weighted by atomic mass is 9.94. The quantitative estimate of drug-likeness (QED) is 0.613. The topological polar surface area (TPSA) is 29.5 Å². The van der Waals surface area contributed by atoms with Gasteiger partial charge in [0, 0.05) is 24.5 Å². The number of hydrogen-bond acceptors (Lipinski definition) is 3.